The van der Waals surface area contributed by atoms with E-state index in [1.54, 1.807) is 12.1 Å². The van der Waals surface area contributed by atoms with Crippen LogP contribution in [0.5, 0.6) is 0 Å². The highest BCUT2D eigenvalue weighted by molar-refractivity contribution is 5.91. The number of hydrogen-bond donors (Lipinski definition) is 0. The molecule has 152 valence electrons. The van der Waals surface area contributed by atoms with Crippen LogP contribution < -0.4 is 0 Å². The molecule has 4 heteroatoms. The maximum Gasteiger partial charge on any atom is 0.337 e. The van der Waals surface area contributed by atoms with Gasteiger partial charge in [-0.25, -0.2) is 9.78 Å². The van der Waals surface area contributed by atoms with Gasteiger partial charge in [0.2, 0.25) is 0 Å². The molecule has 0 aliphatic rings. The third kappa shape index (κ3) is 3.36. The molecule has 0 spiro atoms. The lowest BCUT2D eigenvalue weighted by atomic mass is 10.0. The molecule has 3 aromatic carbocycles. The van der Waals surface area contributed by atoms with Crippen LogP contribution in [0.1, 0.15) is 21.5 Å². The summed E-state index contributed by atoms with van der Waals surface area (Å²) in [6.45, 7) is 4.18. The summed E-state index contributed by atoms with van der Waals surface area (Å²) in [4.78, 5) is 16.5. The Hall–Kier alpha value is -3.92. The zero-order valence-electron chi connectivity index (χ0n) is 17.6. The van der Waals surface area contributed by atoms with Crippen LogP contribution in [0.25, 0.3) is 44.5 Å². The van der Waals surface area contributed by atoms with E-state index < -0.39 is 0 Å². The first kappa shape index (κ1) is 19.1. The molecule has 2 aromatic heterocycles. The molecular formula is C27H21NO3. The molecule has 0 unspecified atom stereocenters. The molecule has 0 fully saturated rings. The van der Waals surface area contributed by atoms with Gasteiger partial charge in [-0.1, -0.05) is 42.5 Å². The Bertz CT molecular complexity index is 1450. The number of aromatic nitrogens is 1. The summed E-state index contributed by atoms with van der Waals surface area (Å²) in [7, 11) is 1.38. The minimum Gasteiger partial charge on any atom is -0.465 e. The Morgan fingerprint density at radius 1 is 0.839 bits per heavy atom. The molecule has 5 aromatic rings. The molecule has 0 radical (unpaired) electrons. The lowest BCUT2D eigenvalue weighted by molar-refractivity contribution is 0.0601. The molecule has 0 atom stereocenters. The summed E-state index contributed by atoms with van der Waals surface area (Å²) in [5, 5.41) is 2.19. The number of furan rings is 1. The highest BCUT2D eigenvalue weighted by atomic mass is 16.5. The Balaban J connectivity index is 1.53. The van der Waals surface area contributed by atoms with Crippen molar-refractivity contribution in [1.82, 2.24) is 4.98 Å². The molecule has 0 bridgehead atoms. The van der Waals surface area contributed by atoms with Crippen molar-refractivity contribution in [3.05, 3.63) is 89.5 Å². The fourth-order valence-electron chi connectivity index (χ4n) is 3.89. The second kappa shape index (κ2) is 7.40. The van der Waals surface area contributed by atoms with Gasteiger partial charge < -0.3 is 9.15 Å². The van der Waals surface area contributed by atoms with Crippen molar-refractivity contribution in [3.63, 3.8) is 0 Å². The molecule has 0 N–H and O–H groups in total. The number of hydrogen-bond acceptors (Lipinski definition) is 4. The lowest BCUT2D eigenvalue weighted by Gasteiger charge is -2.06. The van der Waals surface area contributed by atoms with E-state index >= 15 is 0 Å². The van der Waals surface area contributed by atoms with Gasteiger partial charge in [-0.2, -0.15) is 0 Å². The maximum absolute atomic E-state index is 11.7. The van der Waals surface area contributed by atoms with Crippen molar-refractivity contribution in [3.8, 4) is 22.6 Å². The first-order chi connectivity index (χ1) is 15.0. The van der Waals surface area contributed by atoms with Crippen LogP contribution in [0, 0.1) is 13.8 Å². The number of carbonyl (C=O) groups is 1. The first-order valence-corrected chi connectivity index (χ1v) is 10.1. The second-order valence-electron chi connectivity index (χ2n) is 7.72. The van der Waals surface area contributed by atoms with E-state index in [1.807, 2.05) is 36.4 Å². The van der Waals surface area contributed by atoms with E-state index in [0.29, 0.717) is 5.56 Å². The molecule has 0 saturated heterocycles. The number of aryl methyl sites for hydroxylation is 2. The van der Waals surface area contributed by atoms with Gasteiger partial charge >= 0.3 is 5.97 Å². The summed E-state index contributed by atoms with van der Waals surface area (Å²) in [5.74, 6) is 0.405. The Morgan fingerprint density at radius 3 is 2.35 bits per heavy atom. The number of rotatable bonds is 3. The molecule has 2 heterocycles. The molecule has 4 nitrogen and oxygen atoms in total. The predicted octanol–water partition coefficient (Wildman–Crippen LogP) is 6.72. The van der Waals surface area contributed by atoms with Crippen LogP contribution in [0.15, 0.2) is 77.2 Å². The van der Waals surface area contributed by atoms with Crippen molar-refractivity contribution < 1.29 is 13.9 Å². The fourth-order valence-corrected chi connectivity index (χ4v) is 3.89. The SMILES string of the molecule is COC(=O)c1ccc(-c2ccc3cc(-c4ccc5c(C)ccc(C)c5n4)oc3c2)cc1. The highest BCUT2D eigenvalue weighted by Gasteiger charge is 2.12. The van der Waals surface area contributed by atoms with E-state index in [-0.39, 0.29) is 5.97 Å². The van der Waals surface area contributed by atoms with Crippen LogP contribution in [-0.4, -0.2) is 18.1 Å². The quantitative estimate of drug-likeness (QED) is 0.312. The van der Waals surface area contributed by atoms with Gasteiger partial charge in [-0.05, 0) is 66.4 Å². The summed E-state index contributed by atoms with van der Waals surface area (Å²) < 4.78 is 10.9. The summed E-state index contributed by atoms with van der Waals surface area (Å²) in [6.07, 6.45) is 0. The smallest absolute Gasteiger partial charge is 0.337 e. The average molecular weight is 407 g/mol. The van der Waals surface area contributed by atoms with E-state index in [1.165, 1.54) is 12.7 Å². The molecule has 0 amide bonds. The van der Waals surface area contributed by atoms with Gasteiger partial charge in [0, 0.05) is 10.8 Å². The van der Waals surface area contributed by atoms with Gasteiger partial charge in [0.25, 0.3) is 0 Å². The number of methoxy groups -OCH3 is 1. The van der Waals surface area contributed by atoms with Crippen molar-refractivity contribution in [2.24, 2.45) is 0 Å². The van der Waals surface area contributed by atoms with E-state index in [9.17, 15) is 4.79 Å². The number of pyridine rings is 1. The Morgan fingerprint density at radius 2 is 1.58 bits per heavy atom. The minimum absolute atomic E-state index is 0.342. The summed E-state index contributed by atoms with van der Waals surface area (Å²) in [6, 6.07) is 23.8. The van der Waals surface area contributed by atoms with Crippen LogP contribution in [0.3, 0.4) is 0 Å². The number of benzene rings is 3. The second-order valence-corrected chi connectivity index (χ2v) is 7.72. The first-order valence-electron chi connectivity index (χ1n) is 10.1. The van der Waals surface area contributed by atoms with Crippen molar-refractivity contribution in [1.29, 1.82) is 0 Å². The normalized spacial score (nSPS) is 11.2. The monoisotopic (exact) mass is 407 g/mol. The minimum atomic E-state index is -0.342. The van der Waals surface area contributed by atoms with E-state index in [2.05, 4.69) is 38.1 Å². The van der Waals surface area contributed by atoms with Gasteiger partial charge in [-0.15, -0.1) is 0 Å². The van der Waals surface area contributed by atoms with Crippen LogP contribution in [0.4, 0.5) is 0 Å². The van der Waals surface area contributed by atoms with Gasteiger partial charge in [0.15, 0.2) is 5.76 Å². The van der Waals surface area contributed by atoms with Crippen molar-refractivity contribution in [2.75, 3.05) is 7.11 Å². The number of fused-ring (bicyclic) bond motifs is 2. The Labute approximate surface area is 180 Å². The lowest BCUT2D eigenvalue weighted by Crippen LogP contribution is -2.00. The zero-order chi connectivity index (χ0) is 21.5. The Kier molecular flexibility index (Phi) is 4.55. The molecule has 31 heavy (non-hydrogen) atoms. The van der Waals surface area contributed by atoms with Crippen molar-refractivity contribution >= 4 is 27.8 Å². The molecule has 0 aliphatic heterocycles. The third-order valence-electron chi connectivity index (χ3n) is 5.69. The van der Waals surface area contributed by atoms with E-state index in [0.717, 1.165) is 50.0 Å². The molecule has 0 saturated carbocycles. The fraction of sp³-hybridized carbons (Fsp3) is 0.111. The van der Waals surface area contributed by atoms with Gasteiger partial charge in [-0.3, -0.25) is 0 Å². The number of carbonyl (C=O) groups excluding carboxylic acids is 1. The van der Waals surface area contributed by atoms with Crippen LogP contribution in [-0.2, 0) is 4.74 Å². The summed E-state index contributed by atoms with van der Waals surface area (Å²) in [5.41, 5.74) is 7.53. The largest absolute Gasteiger partial charge is 0.465 e. The number of esters is 1. The highest BCUT2D eigenvalue weighted by Crippen LogP contribution is 2.32. The predicted molar refractivity (Wildman–Crippen MR) is 123 cm³/mol. The molecule has 0 aliphatic carbocycles. The number of nitrogens with zero attached hydrogens (tertiary/aromatic N) is 1. The van der Waals surface area contributed by atoms with Crippen LogP contribution >= 0.6 is 0 Å². The summed E-state index contributed by atoms with van der Waals surface area (Å²) >= 11 is 0. The third-order valence-corrected chi connectivity index (χ3v) is 5.69. The average Bonchev–Trinajstić information content (AvgIpc) is 3.24. The van der Waals surface area contributed by atoms with E-state index in [4.69, 9.17) is 14.1 Å². The number of ether oxygens (including phenoxy) is 1. The molecular weight excluding hydrogens is 386 g/mol. The van der Waals surface area contributed by atoms with Crippen LogP contribution in [0.2, 0.25) is 0 Å². The molecule has 5 rings (SSSR count). The zero-order valence-corrected chi connectivity index (χ0v) is 17.6. The topological polar surface area (TPSA) is 52.3 Å². The van der Waals surface area contributed by atoms with Gasteiger partial charge in [0.05, 0.1) is 18.2 Å². The standard InChI is InChI=1S/C27H21NO3/c1-16-4-5-17(2)26-22(16)12-13-23(28-26)25-15-21-11-10-20(14-24(21)31-25)18-6-8-19(9-7-18)27(29)30-3/h4-15H,1-3H3. The van der Waals surface area contributed by atoms with Gasteiger partial charge in [0.1, 0.15) is 11.3 Å². The van der Waals surface area contributed by atoms with Crippen molar-refractivity contribution in [2.45, 2.75) is 13.8 Å². The maximum atomic E-state index is 11.7.